The van der Waals surface area contributed by atoms with E-state index >= 15 is 0 Å². The van der Waals surface area contributed by atoms with E-state index in [-0.39, 0.29) is 10.6 Å². The molecule has 0 aromatic heterocycles. The predicted molar refractivity (Wildman–Crippen MR) is 98.8 cm³/mol. The van der Waals surface area contributed by atoms with Crippen LogP contribution < -0.4 is 14.8 Å². The van der Waals surface area contributed by atoms with E-state index in [1.165, 1.54) is 56.5 Å². The Hall–Kier alpha value is -2.98. The van der Waals surface area contributed by atoms with Crippen LogP contribution in [0.1, 0.15) is 6.92 Å². The minimum Gasteiger partial charge on any atom is -0.497 e. The molecule has 2 aromatic rings. The van der Waals surface area contributed by atoms with Crippen LogP contribution in [-0.4, -0.2) is 40.1 Å². The van der Waals surface area contributed by atoms with Crippen molar-refractivity contribution in [1.29, 1.82) is 0 Å². The second-order valence-electron chi connectivity index (χ2n) is 5.65. The molecule has 2 N–H and O–H groups in total. The molecule has 1 amide bonds. The van der Waals surface area contributed by atoms with Crippen molar-refractivity contribution >= 4 is 27.6 Å². The molecule has 0 bridgehead atoms. The number of nitrogens with one attached hydrogen (secondary N) is 2. The largest absolute Gasteiger partial charge is 0.497 e. The number of carbonyl (C=O) groups excluding carboxylic acids is 2. The molecule has 0 aliphatic heterocycles. The maximum Gasteiger partial charge on any atom is 0.324 e. The van der Waals surface area contributed by atoms with Crippen LogP contribution in [0.15, 0.2) is 53.4 Å². The molecule has 0 unspecified atom stereocenters. The van der Waals surface area contributed by atoms with E-state index < -0.39 is 40.4 Å². The van der Waals surface area contributed by atoms with Gasteiger partial charge in [-0.15, -0.1) is 0 Å². The molecule has 2 rings (SSSR count). The smallest absolute Gasteiger partial charge is 0.324 e. The first kappa shape index (κ1) is 21.3. The van der Waals surface area contributed by atoms with E-state index in [0.29, 0.717) is 5.75 Å². The molecular formula is C18H19FN2O6S. The third kappa shape index (κ3) is 5.76. The Labute approximate surface area is 161 Å². The molecule has 10 heteroatoms. The molecule has 0 spiro atoms. The fourth-order valence-corrected chi connectivity index (χ4v) is 3.31. The number of carbonyl (C=O) groups is 2. The van der Waals surface area contributed by atoms with Crippen molar-refractivity contribution in [1.82, 2.24) is 4.72 Å². The summed E-state index contributed by atoms with van der Waals surface area (Å²) in [5.74, 6) is -1.88. The van der Waals surface area contributed by atoms with Crippen molar-refractivity contribution in [3.63, 3.8) is 0 Å². The van der Waals surface area contributed by atoms with E-state index in [9.17, 15) is 22.4 Å². The topological polar surface area (TPSA) is 111 Å². The zero-order valence-electron chi connectivity index (χ0n) is 15.1. The molecule has 150 valence electrons. The first-order valence-electron chi connectivity index (χ1n) is 8.10. The fraction of sp³-hybridized carbons (Fsp3) is 0.222. The summed E-state index contributed by atoms with van der Waals surface area (Å²) in [5, 5.41) is 2.25. The number of para-hydroxylation sites is 1. The van der Waals surface area contributed by atoms with E-state index in [2.05, 4.69) is 10.0 Å². The van der Waals surface area contributed by atoms with Gasteiger partial charge in [-0.1, -0.05) is 12.1 Å². The number of methoxy groups -OCH3 is 1. The second-order valence-corrected chi connectivity index (χ2v) is 7.37. The summed E-state index contributed by atoms with van der Waals surface area (Å²) in [6, 6.07) is 9.83. The maximum absolute atomic E-state index is 13.5. The summed E-state index contributed by atoms with van der Waals surface area (Å²) >= 11 is 0. The lowest BCUT2D eigenvalue weighted by molar-refractivity contribution is -0.148. The molecule has 8 nitrogen and oxygen atoms in total. The van der Waals surface area contributed by atoms with Crippen LogP contribution in [0.4, 0.5) is 10.1 Å². The number of amides is 1. The van der Waals surface area contributed by atoms with Crippen molar-refractivity contribution in [3.8, 4) is 5.75 Å². The highest BCUT2D eigenvalue weighted by atomic mass is 32.2. The Bertz CT molecular complexity index is 947. The standard InChI is InChI=1S/C18H19FN2O6S/c1-12(21-28(24,25)14-9-7-13(26-2)8-10-14)18(23)27-11-17(22)20-16-6-4-3-5-15(16)19/h3-10,12,21H,11H2,1-2H3,(H,20,22)/t12-/m0/s1. The predicted octanol–water partition coefficient (Wildman–Crippen LogP) is 1.68. The van der Waals surface area contributed by atoms with Gasteiger partial charge in [0.2, 0.25) is 10.0 Å². The molecule has 0 aliphatic rings. The fourth-order valence-electron chi connectivity index (χ4n) is 2.11. The number of rotatable bonds is 8. The highest BCUT2D eigenvalue weighted by Gasteiger charge is 2.24. The summed E-state index contributed by atoms with van der Waals surface area (Å²) < 4.78 is 49.9. The molecule has 0 heterocycles. The third-order valence-corrected chi connectivity index (χ3v) is 5.11. The number of ether oxygens (including phenoxy) is 2. The van der Waals surface area contributed by atoms with Crippen LogP contribution in [0.25, 0.3) is 0 Å². The maximum atomic E-state index is 13.5. The number of hydrogen-bond acceptors (Lipinski definition) is 6. The molecule has 0 saturated heterocycles. The van der Waals surface area contributed by atoms with Crippen molar-refractivity contribution in [2.24, 2.45) is 0 Å². The van der Waals surface area contributed by atoms with Gasteiger partial charge in [0.25, 0.3) is 5.91 Å². The van der Waals surface area contributed by atoms with Gasteiger partial charge in [-0.05, 0) is 43.3 Å². The SMILES string of the molecule is COc1ccc(S(=O)(=O)N[C@@H](C)C(=O)OCC(=O)Nc2ccccc2F)cc1. The van der Waals surface area contributed by atoms with Gasteiger partial charge < -0.3 is 14.8 Å². The van der Waals surface area contributed by atoms with Crippen molar-refractivity contribution in [2.75, 3.05) is 19.0 Å². The van der Waals surface area contributed by atoms with Gasteiger partial charge in [0, 0.05) is 0 Å². The second kappa shape index (κ2) is 9.29. The Kier molecular flexibility index (Phi) is 7.07. The summed E-state index contributed by atoms with van der Waals surface area (Å²) in [4.78, 5) is 23.6. The van der Waals surface area contributed by atoms with E-state index in [1.54, 1.807) is 0 Å². The number of sulfonamides is 1. The molecule has 28 heavy (non-hydrogen) atoms. The highest BCUT2D eigenvalue weighted by Crippen LogP contribution is 2.16. The van der Waals surface area contributed by atoms with Crippen LogP contribution in [0.5, 0.6) is 5.75 Å². The average molecular weight is 410 g/mol. The molecular weight excluding hydrogens is 391 g/mol. The lowest BCUT2D eigenvalue weighted by atomic mass is 10.3. The van der Waals surface area contributed by atoms with Crippen LogP contribution in [0, 0.1) is 5.82 Å². The van der Waals surface area contributed by atoms with Crippen LogP contribution in [0.2, 0.25) is 0 Å². The Balaban J connectivity index is 1.89. The number of halogens is 1. The van der Waals surface area contributed by atoms with E-state index in [1.807, 2.05) is 0 Å². The van der Waals surface area contributed by atoms with Gasteiger partial charge in [-0.3, -0.25) is 9.59 Å². The van der Waals surface area contributed by atoms with Gasteiger partial charge in [0.05, 0.1) is 17.7 Å². The molecule has 0 radical (unpaired) electrons. The minimum atomic E-state index is -3.98. The van der Waals surface area contributed by atoms with Crippen molar-refractivity contribution < 1.29 is 31.9 Å². The van der Waals surface area contributed by atoms with Crippen LogP contribution in [-0.2, 0) is 24.3 Å². The van der Waals surface area contributed by atoms with Crippen molar-refractivity contribution in [3.05, 3.63) is 54.3 Å². The van der Waals surface area contributed by atoms with Crippen molar-refractivity contribution in [2.45, 2.75) is 17.9 Å². The van der Waals surface area contributed by atoms with Gasteiger partial charge >= 0.3 is 5.97 Å². The highest BCUT2D eigenvalue weighted by molar-refractivity contribution is 7.89. The van der Waals surface area contributed by atoms with E-state index in [4.69, 9.17) is 9.47 Å². The first-order chi connectivity index (χ1) is 13.2. The molecule has 0 saturated carbocycles. The first-order valence-corrected chi connectivity index (χ1v) is 9.58. The quantitative estimate of drug-likeness (QED) is 0.641. The molecule has 0 aliphatic carbocycles. The molecule has 1 atom stereocenters. The van der Waals surface area contributed by atoms with Gasteiger partial charge in [-0.2, -0.15) is 4.72 Å². The summed E-state index contributed by atoms with van der Waals surface area (Å²) in [6.45, 7) is 0.583. The number of benzene rings is 2. The lowest BCUT2D eigenvalue weighted by Gasteiger charge is -2.14. The molecule has 2 aromatic carbocycles. The third-order valence-electron chi connectivity index (χ3n) is 3.55. The molecule has 0 fully saturated rings. The van der Waals surface area contributed by atoms with Gasteiger partial charge in [0.15, 0.2) is 6.61 Å². The van der Waals surface area contributed by atoms with Gasteiger partial charge in [0.1, 0.15) is 17.6 Å². The summed E-state index contributed by atoms with van der Waals surface area (Å²) in [6.07, 6.45) is 0. The lowest BCUT2D eigenvalue weighted by Crippen LogP contribution is -2.40. The zero-order chi connectivity index (χ0) is 20.7. The minimum absolute atomic E-state index is 0.0585. The Morgan fingerprint density at radius 1 is 1.11 bits per heavy atom. The summed E-state index contributed by atoms with van der Waals surface area (Å²) in [7, 11) is -2.53. The van der Waals surface area contributed by atoms with Gasteiger partial charge in [-0.25, -0.2) is 12.8 Å². The number of anilines is 1. The monoisotopic (exact) mass is 410 g/mol. The summed E-state index contributed by atoms with van der Waals surface area (Å²) in [5.41, 5.74) is -0.0585. The Morgan fingerprint density at radius 3 is 2.36 bits per heavy atom. The zero-order valence-corrected chi connectivity index (χ0v) is 16.0. The van der Waals surface area contributed by atoms with Crippen LogP contribution >= 0.6 is 0 Å². The number of hydrogen-bond donors (Lipinski definition) is 2. The van der Waals surface area contributed by atoms with E-state index in [0.717, 1.165) is 6.07 Å². The van der Waals surface area contributed by atoms with Crippen LogP contribution in [0.3, 0.4) is 0 Å². The Morgan fingerprint density at radius 2 is 1.75 bits per heavy atom. The normalized spacial score (nSPS) is 12.1. The average Bonchev–Trinajstić information content (AvgIpc) is 2.67. The number of esters is 1.